The number of nitrogens with zero attached hydrogens (tertiary/aromatic N) is 5. The fraction of sp³-hybridized carbons (Fsp3) is 0.769. The zero-order valence-corrected chi connectivity index (χ0v) is 12.7. The molecule has 19 heavy (non-hydrogen) atoms. The van der Waals surface area contributed by atoms with Gasteiger partial charge in [-0.1, -0.05) is 6.92 Å². The van der Waals surface area contributed by atoms with Gasteiger partial charge >= 0.3 is 0 Å². The minimum Gasteiger partial charge on any atom is -0.341 e. The molecule has 1 unspecified atom stereocenters. The van der Waals surface area contributed by atoms with Gasteiger partial charge in [0.25, 0.3) is 0 Å². The van der Waals surface area contributed by atoms with Crippen molar-refractivity contribution in [1.29, 1.82) is 0 Å². The minimum atomic E-state index is 0.278. The van der Waals surface area contributed by atoms with Crippen molar-refractivity contribution in [3.8, 4) is 0 Å². The molecule has 1 aromatic rings. The van der Waals surface area contributed by atoms with Crippen molar-refractivity contribution in [2.24, 2.45) is 0 Å². The summed E-state index contributed by atoms with van der Waals surface area (Å²) in [5.74, 6) is 1.37. The highest BCUT2D eigenvalue weighted by molar-refractivity contribution is 6.28. The van der Waals surface area contributed by atoms with E-state index in [0.29, 0.717) is 17.9 Å². The van der Waals surface area contributed by atoms with E-state index in [1.807, 2.05) is 7.05 Å². The quantitative estimate of drug-likeness (QED) is 0.850. The first-order valence-corrected chi connectivity index (χ1v) is 7.39. The third-order valence-corrected chi connectivity index (χ3v) is 3.96. The monoisotopic (exact) mass is 283 g/mol. The standard InChI is InChI=1S/C13H22ClN5/c1-4-10(2)18(3)12-15-11(14)16-13(17-12)19-8-6-5-7-9-19/h10H,4-9H2,1-3H3. The van der Waals surface area contributed by atoms with E-state index in [-0.39, 0.29) is 5.28 Å². The van der Waals surface area contributed by atoms with Gasteiger partial charge in [-0.05, 0) is 44.2 Å². The maximum atomic E-state index is 6.05. The molecule has 5 nitrogen and oxygen atoms in total. The molecule has 1 saturated heterocycles. The summed E-state index contributed by atoms with van der Waals surface area (Å²) in [4.78, 5) is 17.3. The van der Waals surface area contributed by atoms with E-state index in [1.54, 1.807) is 0 Å². The second kappa shape index (κ2) is 6.37. The van der Waals surface area contributed by atoms with Gasteiger partial charge in [-0.2, -0.15) is 15.0 Å². The van der Waals surface area contributed by atoms with Gasteiger partial charge in [0, 0.05) is 26.2 Å². The van der Waals surface area contributed by atoms with Gasteiger partial charge < -0.3 is 9.80 Å². The summed E-state index contributed by atoms with van der Waals surface area (Å²) in [7, 11) is 2.00. The Morgan fingerprint density at radius 2 is 1.89 bits per heavy atom. The highest BCUT2D eigenvalue weighted by atomic mass is 35.5. The SMILES string of the molecule is CCC(C)N(C)c1nc(Cl)nc(N2CCCCC2)n1. The van der Waals surface area contributed by atoms with Gasteiger partial charge in [-0.15, -0.1) is 0 Å². The van der Waals surface area contributed by atoms with Crippen molar-refractivity contribution in [2.45, 2.75) is 45.6 Å². The Bertz CT molecular complexity index is 399. The van der Waals surface area contributed by atoms with E-state index in [4.69, 9.17) is 11.6 Å². The van der Waals surface area contributed by atoms with Gasteiger partial charge in [-0.25, -0.2) is 0 Å². The molecule has 0 amide bonds. The highest BCUT2D eigenvalue weighted by Gasteiger charge is 2.18. The summed E-state index contributed by atoms with van der Waals surface area (Å²) >= 11 is 6.05. The van der Waals surface area contributed by atoms with Crippen molar-refractivity contribution in [3.05, 3.63) is 5.28 Å². The molecule has 1 aliphatic rings. The van der Waals surface area contributed by atoms with Gasteiger partial charge in [0.1, 0.15) is 0 Å². The molecular formula is C13H22ClN5. The number of hydrogen-bond donors (Lipinski definition) is 0. The van der Waals surface area contributed by atoms with E-state index in [1.165, 1.54) is 19.3 Å². The number of anilines is 2. The van der Waals surface area contributed by atoms with Gasteiger partial charge in [-0.3, -0.25) is 0 Å². The first kappa shape index (κ1) is 14.3. The van der Waals surface area contributed by atoms with E-state index in [0.717, 1.165) is 19.5 Å². The number of hydrogen-bond acceptors (Lipinski definition) is 5. The molecule has 1 aromatic heterocycles. The van der Waals surface area contributed by atoms with Crippen molar-refractivity contribution in [3.63, 3.8) is 0 Å². The van der Waals surface area contributed by atoms with Crippen LogP contribution in [-0.4, -0.2) is 41.1 Å². The molecule has 0 aromatic carbocycles. The third-order valence-electron chi connectivity index (χ3n) is 3.79. The molecule has 1 fully saturated rings. The van der Waals surface area contributed by atoms with Crippen molar-refractivity contribution in [2.75, 3.05) is 29.9 Å². The zero-order chi connectivity index (χ0) is 13.8. The summed E-state index contributed by atoms with van der Waals surface area (Å²) in [5.41, 5.74) is 0. The smallest absolute Gasteiger partial charge is 0.231 e. The molecule has 1 atom stereocenters. The molecule has 0 radical (unpaired) electrons. The summed E-state index contributed by atoms with van der Waals surface area (Å²) in [6.07, 6.45) is 4.72. The zero-order valence-electron chi connectivity index (χ0n) is 11.9. The summed E-state index contributed by atoms with van der Waals surface area (Å²) in [6.45, 7) is 6.31. The fourth-order valence-corrected chi connectivity index (χ4v) is 2.34. The summed E-state index contributed by atoms with van der Waals surface area (Å²) < 4.78 is 0. The topological polar surface area (TPSA) is 45.2 Å². The summed E-state index contributed by atoms with van der Waals surface area (Å²) in [5, 5.41) is 0.278. The number of halogens is 1. The molecule has 0 spiro atoms. The van der Waals surface area contributed by atoms with E-state index in [2.05, 4.69) is 38.6 Å². The number of rotatable bonds is 4. The van der Waals surface area contributed by atoms with Crippen LogP contribution < -0.4 is 9.80 Å². The molecule has 0 saturated carbocycles. The highest BCUT2D eigenvalue weighted by Crippen LogP contribution is 2.20. The van der Waals surface area contributed by atoms with Crippen LogP contribution in [0.4, 0.5) is 11.9 Å². The number of aromatic nitrogens is 3. The van der Waals surface area contributed by atoms with E-state index >= 15 is 0 Å². The van der Waals surface area contributed by atoms with Crippen LogP contribution in [0.2, 0.25) is 5.28 Å². The van der Waals surface area contributed by atoms with Crippen LogP contribution in [0, 0.1) is 0 Å². The molecule has 0 N–H and O–H groups in total. The van der Waals surface area contributed by atoms with Crippen LogP contribution >= 0.6 is 11.6 Å². The van der Waals surface area contributed by atoms with Crippen molar-refractivity contribution < 1.29 is 0 Å². The average molecular weight is 284 g/mol. The molecule has 0 bridgehead atoms. The molecule has 106 valence electrons. The van der Waals surface area contributed by atoms with Gasteiger partial charge in [0.15, 0.2) is 0 Å². The Hall–Kier alpha value is -1.10. The van der Waals surface area contributed by atoms with Crippen LogP contribution in [0.25, 0.3) is 0 Å². The second-order valence-corrected chi connectivity index (χ2v) is 5.46. The van der Waals surface area contributed by atoms with Crippen LogP contribution in [-0.2, 0) is 0 Å². The Labute approximate surface area is 120 Å². The maximum Gasteiger partial charge on any atom is 0.231 e. The fourth-order valence-electron chi connectivity index (χ4n) is 2.19. The minimum absolute atomic E-state index is 0.278. The van der Waals surface area contributed by atoms with Crippen LogP contribution in [0.5, 0.6) is 0 Å². The Balaban J connectivity index is 2.23. The lowest BCUT2D eigenvalue weighted by atomic mass is 10.1. The predicted octanol–water partition coefficient (Wildman–Crippen LogP) is 2.75. The molecule has 1 aliphatic heterocycles. The van der Waals surface area contributed by atoms with Crippen molar-refractivity contribution in [1.82, 2.24) is 15.0 Å². The largest absolute Gasteiger partial charge is 0.341 e. The normalized spacial score (nSPS) is 17.4. The van der Waals surface area contributed by atoms with E-state index < -0.39 is 0 Å². The Morgan fingerprint density at radius 3 is 2.53 bits per heavy atom. The van der Waals surface area contributed by atoms with Crippen molar-refractivity contribution >= 4 is 23.5 Å². The van der Waals surface area contributed by atoms with Crippen LogP contribution in [0.1, 0.15) is 39.5 Å². The van der Waals surface area contributed by atoms with E-state index in [9.17, 15) is 0 Å². The molecule has 6 heteroatoms. The lowest BCUT2D eigenvalue weighted by Gasteiger charge is -2.28. The third kappa shape index (κ3) is 3.47. The lowest BCUT2D eigenvalue weighted by molar-refractivity contribution is 0.565. The first-order chi connectivity index (χ1) is 9.11. The summed E-state index contributed by atoms with van der Waals surface area (Å²) in [6, 6.07) is 0.382. The molecule has 0 aliphatic carbocycles. The Kier molecular flexibility index (Phi) is 4.80. The lowest BCUT2D eigenvalue weighted by Crippen LogP contribution is -2.33. The predicted molar refractivity (Wildman–Crippen MR) is 79.1 cm³/mol. The van der Waals surface area contributed by atoms with Crippen LogP contribution in [0.15, 0.2) is 0 Å². The molecule has 2 heterocycles. The molecular weight excluding hydrogens is 262 g/mol. The Morgan fingerprint density at radius 1 is 1.21 bits per heavy atom. The van der Waals surface area contributed by atoms with Gasteiger partial charge in [0.2, 0.25) is 17.2 Å². The second-order valence-electron chi connectivity index (χ2n) is 5.12. The number of piperidine rings is 1. The van der Waals surface area contributed by atoms with Crippen LogP contribution in [0.3, 0.4) is 0 Å². The first-order valence-electron chi connectivity index (χ1n) is 7.01. The maximum absolute atomic E-state index is 6.05. The van der Waals surface area contributed by atoms with Gasteiger partial charge in [0.05, 0.1) is 0 Å². The average Bonchev–Trinajstić information content (AvgIpc) is 2.46. The molecule has 2 rings (SSSR count).